The monoisotopic (exact) mass is 240 g/mol. The molecule has 1 amide bonds. The summed E-state index contributed by atoms with van der Waals surface area (Å²) in [5.41, 5.74) is -0.791. The van der Waals surface area contributed by atoms with Crippen molar-refractivity contribution in [1.29, 1.82) is 5.26 Å². The van der Waals surface area contributed by atoms with E-state index >= 15 is 0 Å². The topological polar surface area (TPSA) is 68.2 Å². The van der Waals surface area contributed by atoms with E-state index in [0.717, 1.165) is 13.1 Å². The molecule has 98 valence electrons. The van der Waals surface area contributed by atoms with Gasteiger partial charge in [0.2, 0.25) is 5.91 Å². The van der Waals surface area contributed by atoms with Crippen LogP contribution in [0.25, 0.3) is 0 Å². The maximum absolute atomic E-state index is 11.8. The number of rotatable bonds is 7. The Morgan fingerprint density at radius 1 is 1.53 bits per heavy atom. The zero-order chi connectivity index (χ0) is 13.5. The minimum Gasteiger partial charge on any atom is -0.337 e. The average Bonchev–Trinajstić information content (AvgIpc) is 2.25. The number of carbonyl (C=O) groups excluding carboxylic acids is 1. The van der Waals surface area contributed by atoms with E-state index in [4.69, 9.17) is 5.26 Å². The second-order valence-corrected chi connectivity index (χ2v) is 4.86. The molecule has 0 aliphatic heterocycles. The van der Waals surface area contributed by atoms with E-state index in [0.29, 0.717) is 6.54 Å². The third-order valence-electron chi connectivity index (χ3n) is 2.94. The molecule has 0 aromatic carbocycles. The fourth-order valence-electron chi connectivity index (χ4n) is 1.26. The first kappa shape index (κ1) is 15.9. The van der Waals surface area contributed by atoms with E-state index < -0.39 is 5.54 Å². The lowest BCUT2D eigenvalue weighted by molar-refractivity contribution is -0.123. The van der Waals surface area contributed by atoms with Gasteiger partial charge < -0.3 is 10.6 Å². The van der Waals surface area contributed by atoms with Gasteiger partial charge in [-0.1, -0.05) is 13.8 Å². The molecule has 0 heterocycles. The SMILES string of the molecule is CNCCN(C)CC(=O)NC(C)(C#N)C(C)C. The van der Waals surface area contributed by atoms with Crippen molar-refractivity contribution in [3.8, 4) is 6.07 Å². The molecular formula is C12H24N4O. The standard InChI is InChI=1S/C12H24N4O/c1-10(2)12(3,9-13)15-11(17)8-16(5)7-6-14-4/h10,14H,6-8H2,1-5H3,(H,15,17). The van der Waals surface area contributed by atoms with Crippen molar-refractivity contribution in [2.45, 2.75) is 26.3 Å². The van der Waals surface area contributed by atoms with Gasteiger partial charge in [0.15, 0.2) is 0 Å². The molecule has 0 fully saturated rings. The minimum atomic E-state index is -0.791. The molecule has 0 spiro atoms. The number of nitrogens with one attached hydrogen (secondary N) is 2. The van der Waals surface area contributed by atoms with E-state index in [1.54, 1.807) is 6.92 Å². The third-order valence-corrected chi connectivity index (χ3v) is 2.94. The van der Waals surface area contributed by atoms with Gasteiger partial charge in [-0.05, 0) is 26.9 Å². The van der Waals surface area contributed by atoms with Crippen LogP contribution in [0.5, 0.6) is 0 Å². The lowest BCUT2D eigenvalue weighted by Gasteiger charge is -2.28. The highest BCUT2D eigenvalue weighted by Gasteiger charge is 2.29. The normalized spacial score (nSPS) is 14.5. The van der Waals surface area contributed by atoms with Crippen molar-refractivity contribution in [1.82, 2.24) is 15.5 Å². The maximum atomic E-state index is 11.8. The van der Waals surface area contributed by atoms with Crippen LogP contribution in [0.4, 0.5) is 0 Å². The van der Waals surface area contributed by atoms with Crippen LogP contribution in [0, 0.1) is 17.2 Å². The van der Waals surface area contributed by atoms with Gasteiger partial charge in [0.1, 0.15) is 5.54 Å². The summed E-state index contributed by atoms with van der Waals surface area (Å²) in [5, 5.41) is 14.9. The highest BCUT2D eigenvalue weighted by Crippen LogP contribution is 2.14. The first-order valence-corrected chi connectivity index (χ1v) is 5.91. The fraction of sp³-hybridized carbons (Fsp3) is 0.833. The predicted octanol–water partition coefficient (Wildman–Crippen LogP) is 0.192. The Hall–Kier alpha value is -1.12. The third kappa shape index (κ3) is 5.66. The van der Waals surface area contributed by atoms with Crippen LogP contribution in [0.2, 0.25) is 0 Å². The Morgan fingerprint density at radius 3 is 2.53 bits per heavy atom. The van der Waals surface area contributed by atoms with E-state index in [9.17, 15) is 4.79 Å². The summed E-state index contributed by atoms with van der Waals surface area (Å²) < 4.78 is 0. The van der Waals surface area contributed by atoms with Crippen molar-refractivity contribution < 1.29 is 4.79 Å². The van der Waals surface area contributed by atoms with Crippen molar-refractivity contribution in [2.24, 2.45) is 5.92 Å². The molecule has 5 nitrogen and oxygen atoms in total. The molecule has 0 radical (unpaired) electrons. The Balaban J connectivity index is 4.22. The minimum absolute atomic E-state index is 0.0825. The van der Waals surface area contributed by atoms with E-state index in [1.807, 2.05) is 32.8 Å². The summed E-state index contributed by atoms with van der Waals surface area (Å²) in [6, 6.07) is 2.16. The molecule has 0 aliphatic rings. The maximum Gasteiger partial charge on any atom is 0.235 e. The molecule has 0 saturated carbocycles. The number of nitriles is 1. The molecule has 0 rings (SSSR count). The lowest BCUT2D eigenvalue weighted by atomic mass is 9.90. The molecule has 0 aromatic heterocycles. The van der Waals surface area contributed by atoms with E-state index in [2.05, 4.69) is 16.7 Å². The van der Waals surface area contributed by atoms with E-state index in [-0.39, 0.29) is 11.8 Å². The Labute approximate surface area is 104 Å². The summed E-state index contributed by atoms with van der Waals surface area (Å²) in [6.07, 6.45) is 0. The summed E-state index contributed by atoms with van der Waals surface area (Å²) in [4.78, 5) is 13.7. The van der Waals surface area contributed by atoms with Gasteiger partial charge in [-0.25, -0.2) is 0 Å². The Kier molecular flexibility index (Phi) is 6.78. The van der Waals surface area contributed by atoms with Crippen LogP contribution in [0.1, 0.15) is 20.8 Å². The van der Waals surface area contributed by atoms with Gasteiger partial charge in [0.25, 0.3) is 0 Å². The number of hydrogen-bond donors (Lipinski definition) is 2. The number of carbonyl (C=O) groups is 1. The first-order valence-electron chi connectivity index (χ1n) is 5.91. The molecule has 2 N–H and O–H groups in total. The van der Waals surface area contributed by atoms with Crippen LogP contribution in [0.3, 0.4) is 0 Å². The van der Waals surface area contributed by atoms with Gasteiger partial charge in [-0.15, -0.1) is 0 Å². The first-order chi connectivity index (χ1) is 7.85. The van der Waals surface area contributed by atoms with Crippen LogP contribution >= 0.6 is 0 Å². The van der Waals surface area contributed by atoms with Gasteiger partial charge in [0.05, 0.1) is 12.6 Å². The van der Waals surface area contributed by atoms with Crippen molar-refractivity contribution in [3.05, 3.63) is 0 Å². The lowest BCUT2D eigenvalue weighted by Crippen LogP contribution is -2.51. The molecular weight excluding hydrogens is 216 g/mol. The van der Waals surface area contributed by atoms with Crippen LogP contribution < -0.4 is 10.6 Å². The number of likely N-dealkylation sites (N-methyl/N-ethyl adjacent to an activating group) is 2. The summed E-state index contributed by atoms with van der Waals surface area (Å²) in [6.45, 7) is 7.55. The average molecular weight is 240 g/mol. The molecule has 0 aliphatic carbocycles. The van der Waals surface area contributed by atoms with Gasteiger partial charge in [-0.2, -0.15) is 5.26 Å². The van der Waals surface area contributed by atoms with Crippen LogP contribution in [-0.2, 0) is 4.79 Å². The smallest absolute Gasteiger partial charge is 0.235 e. The largest absolute Gasteiger partial charge is 0.337 e. The van der Waals surface area contributed by atoms with Crippen molar-refractivity contribution in [3.63, 3.8) is 0 Å². The Bertz CT molecular complexity index is 285. The van der Waals surface area contributed by atoms with Gasteiger partial charge in [-0.3, -0.25) is 9.69 Å². The number of nitrogens with zero attached hydrogens (tertiary/aromatic N) is 2. The zero-order valence-corrected chi connectivity index (χ0v) is 11.5. The van der Waals surface area contributed by atoms with Gasteiger partial charge >= 0.3 is 0 Å². The molecule has 17 heavy (non-hydrogen) atoms. The molecule has 0 aromatic rings. The summed E-state index contributed by atoms with van der Waals surface area (Å²) >= 11 is 0. The number of amides is 1. The Morgan fingerprint density at radius 2 is 2.12 bits per heavy atom. The highest BCUT2D eigenvalue weighted by molar-refractivity contribution is 5.79. The van der Waals surface area contributed by atoms with E-state index in [1.165, 1.54) is 0 Å². The zero-order valence-electron chi connectivity index (χ0n) is 11.5. The summed E-state index contributed by atoms with van der Waals surface area (Å²) in [7, 11) is 3.76. The second kappa shape index (κ2) is 7.25. The fourth-order valence-corrected chi connectivity index (χ4v) is 1.26. The molecule has 0 saturated heterocycles. The van der Waals surface area contributed by atoms with Gasteiger partial charge in [0, 0.05) is 13.1 Å². The van der Waals surface area contributed by atoms with Crippen LogP contribution in [0.15, 0.2) is 0 Å². The second-order valence-electron chi connectivity index (χ2n) is 4.86. The highest BCUT2D eigenvalue weighted by atomic mass is 16.2. The molecule has 5 heteroatoms. The molecule has 1 atom stereocenters. The number of hydrogen-bond acceptors (Lipinski definition) is 4. The molecule has 0 bridgehead atoms. The van der Waals surface area contributed by atoms with Crippen molar-refractivity contribution in [2.75, 3.05) is 33.7 Å². The summed E-state index contributed by atoms with van der Waals surface area (Å²) in [5.74, 6) is -0.0274. The van der Waals surface area contributed by atoms with Crippen LogP contribution in [-0.4, -0.2) is 50.1 Å². The van der Waals surface area contributed by atoms with Crippen molar-refractivity contribution >= 4 is 5.91 Å². The quantitative estimate of drug-likeness (QED) is 0.667. The molecule has 1 unspecified atom stereocenters. The predicted molar refractivity (Wildman–Crippen MR) is 68.4 cm³/mol.